The van der Waals surface area contributed by atoms with Crippen LogP contribution >= 0.6 is 0 Å². The average Bonchev–Trinajstić information content (AvgIpc) is 3.25. The van der Waals surface area contributed by atoms with E-state index in [2.05, 4.69) is 4.98 Å². The van der Waals surface area contributed by atoms with E-state index in [1.165, 1.54) is 0 Å². The molecular weight excluding hydrogens is 394 g/mol. The standard InChI is InChI=1S/C24H27N3O4/c1-30-19-8-9-20-18(15-19)16-21(25-20)24(29)27-13-11-26(12-14-27)23(28)10-7-17-5-3-4-6-22(17)31-2/h3-6,8-9,15-16,25H,7,10-14H2,1-2H3. The van der Waals surface area contributed by atoms with Gasteiger partial charge in [0.25, 0.3) is 5.91 Å². The number of aryl methyl sites for hydroxylation is 1. The number of rotatable bonds is 6. The first-order valence-electron chi connectivity index (χ1n) is 10.4. The number of piperazine rings is 1. The molecule has 1 N–H and O–H groups in total. The highest BCUT2D eigenvalue weighted by molar-refractivity contribution is 5.98. The van der Waals surface area contributed by atoms with Crippen molar-refractivity contribution in [1.82, 2.24) is 14.8 Å². The zero-order chi connectivity index (χ0) is 21.8. The highest BCUT2D eigenvalue weighted by atomic mass is 16.5. The number of aromatic amines is 1. The van der Waals surface area contributed by atoms with Crippen LogP contribution in [0.2, 0.25) is 0 Å². The zero-order valence-electron chi connectivity index (χ0n) is 17.9. The number of nitrogens with one attached hydrogen (secondary N) is 1. The maximum atomic E-state index is 12.9. The molecule has 2 aromatic carbocycles. The molecule has 1 fully saturated rings. The van der Waals surface area contributed by atoms with Crippen LogP contribution in [0.4, 0.5) is 0 Å². The number of para-hydroxylation sites is 1. The van der Waals surface area contributed by atoms with E-state index in [4.69, 9.17) is 9.47 Å². The quantitative estimate of drug-likeness (QED) is 0.664. The monoisotopic (exact) mass is 421 g/mol. The molecule has 7 heteroatoms. The molecule has 2 amide bonds. The van der Waals surface area contributed by atoms with Crippen molar-refractivity contribution < 1.29 is 19.1 Å². The third-order valence-corrected chi connectivity index (χ3v) is 5.78. The fraction of sp³-hybridized carbons (Fsp3) is 0.333. The number of aromatic nitrogens is 1. The van der Waals surface area contributed by atoms with E-state index in [0.29, 0.717) is 44.7 Å². The van der Waals surface area contributed by atoms with Crippen LogP contribution in [0.1, 0.15) is 22.5 Å². The molecule has 0 spiro atoms. The molecule has 7 nitrogen and oxygen atoms in total. The van der Waals surface area contributed by atoms with Gasteiger partial charge >= 0.3 is 0 Å². The predicted octanol–water partition coefficient (Wildman–Crippen LogP) is 3.10. The minimum Gasteiger partial charge on any atom is -0.497 e. The van der Waals surface area contributed by atoms with E-state index in [9.17, 15) is 9.59 Å². The van der Waals surface area contributed by atoms with Crippen LogP contribution in [0.5, 0.6) is 11.5 Å². The summed E-state index contributed by atoms with van der Waals surface area (Å²) >= 11 is 0. The normalized spacial score (nSPS) is 14.0. The first kappa shape index (κ1) is 20.8. The van der Waals surface area contributed by atoms with Crippen molar-refractivity contribution in [3.8, 4) is 11.5 Å². The Bertz CT molecular complexity index is 1080. The molecule has 162 valence electrons. The van der Waals surface area contributed by atoms with E-state index in [1.54, 1.807) is 19.1 Å². The summed E-state index contributed by atoms with van der Waals surface area (Å²) in [6, 6.07) is 15.3. The second kappa shape index (κ2) is 9.12. The Morgan fingerprint density at radius 1 is 0.935 bits per heavy atom. The van der Waals surface area contributed by atoms with E-state index < -0.39 is 0 Å². The minimum absolute atomic E-state index is 0.0451. The molecule has 1 saturated heterocycles. The van der Waals surface area contributed by atoms with Gasteiger partial charge in [0.15, 0.2) is 0 Å². The molecule has 3 aromatic rings. The first-order valence-corrected chi connectivity index (χ1v) is 10.4. The van der Waals surface area contributed by atoms with Gasteiger partial charge in [-0.1, -0.05) is 18.2 Å². The smallest absolute Gasteiger partial charge is 0.270 e. The Balaban J connectivity index is 1.32. The summed E-state index contributed by atoms with van der Waals surface area (Å²) in [5, 5.41) is 0.938. The number of hydrogen-bond acceptors (Lipinski definition) is 4. The summed E-state index contributed by atoms with van der Waals surface area (Å²) in [5.41, 5.74) is 2.48. The topological polar surface area (TPSA) is 74.9 Å². The van der Waals surface area contributed by atoms with Gasteiger partial charge in [0, 0.05) is 43.5 Å². The number of hydrogen-bond donors (Lipinski definition) is 1. The van der Waals surface area contributed by atoms with Gasteiger partial charge in [0.05, 0.1) is 14.2 Å². The Morgan fingerprint density at radius 2 is 1.68 bits per heavy atom. The molecule has 31 heavy (non-hydrogen) atoms. The third kappa shape index (κ3) is 4.50. The molecule has 0 saturated carbocycles. The Morgan fingerprint density at radius 3 is 2.42 bits per heavy atom. The zero-order valence-corrected chi connectivity index (χ0v) is 17.9. The van der Waals surface area contributed by atoms with Gasteiger partial charge in [-0.2, -0.15) is 0 Å². The van der Waals surface area contributed by atoms with Crippen LogP contribution in [0.15, 0.2) is 48.5 Å². The number of nitrogens with zero attached hydrogens (tertiary/aromatic N) is 2. The van der Waals surface area contributed by atoms with Crippen molar-refractivity contribution in [2.24, 2.45) is 0 Å². The lowest BCUT2D eigenvalue weighted by molar-refractivity contribution is -0.132. The van der Waals surface area contributed by atoms with Crippen molar-refractivity contribution in [2.45, 2.75) is 12.8 Å². The lowest BCUT2D eigenvalue weighted by Crippen LogP contribution is -2.50. The summed E-state index contributed by atoms with van der Waals surface area (Å²) in [6.07, 6.45) is 1.07. The van der Waals surface area contributed by atoms with Crippen LogP contribution in [-0.2, 0) is 11.2 Å². The molecule has 0 unspecified atom stereocenters. The summed E-state index contributed by atoms with van der Waals surface area (Å²) in [4.78, 5) is 32.4. The summed E-state index contributed by atoms with van der Waals surface area (Å²) < 4.78 is 10.6. The predicted molar refractivity (Wildman–Crippen MR) is 119 cm³/mol. The SMILES string of the molecule is COc1ccc2[nH]c(C(=O)N3CCN(C(=O)CCc4ccccc4OC)CC3)cc2c1. The Kier molecular flexibility index (Phi) is 6.11. The number of methoxy groups -OCH3 is 2. The maximum Gasteiger partial charge on any atom is 0.270 e. The molecule has 1 aromatic heterocycles. The fourth-order valence-electron chi connectivity index (χ4n) is 3.99. The third-order valence-electron chi connectivity index (χ3n) is 5.78. The fourth-order valence-corrected chi connectivity index (χ4v) is 3.99. The Labute approximate surface area is 181 Å². The number of H-pyrrole nitrogens is 1. The first-order chi connectivity index (χ1) is 15.1. The number of amides is 2. The van der Waals surface area contributed by atoms with E-state index in [-0.39, 0.29) is 11.8 Å². The second-order valence-electron chi connectivity index (χ2n) is 7.62. The number of benzene rings is 2. The lowest BCUT2D eigenvalue weighted by atomic mass is 10.1. The summed E-state index contributed by atoms with van der Waals surface area (Å²) in [5.74, 6) is 1.62. The van der Waals surface area contributed by atoms with Gasteiger partial charge in [0.2, 0.25) is 5.91 Å². The summed E-state index contributed by atoms with van der Waals surface area (Å²) in [7, 11) is 3.26. The van der Waals surface area contributed by atoms with Crippen LogP contribution < -0.4 is 9.47 Å². The van der Waals surface area contributed by atoms with Gasteiger partial charge < -0.3 is 24.3 Å². The van der Waals surface area contributed by atoms with Crippen LogP contribution in [0.25, 0.3) is 10.9 Å². The molecule has 0 bridgehead atoms. The van der Waals surface area contributed by atoms with E-state index >= 15 is 0 Å². The van der Waals surface area contributed by atoms with Gasteiger partial charge in [0.1, 0.15) is 17.2 Å². The average molecular weight is 421 g/mol. The van der Waals surface area contributed by atoms with Crippen LogP contribution in [0, 0.1) is 0 Å². The van der Waals surface area contributed by atoms with Gasteiger partial charge in [-0.3, -0.25) is 9.59 Å². The van der Waals surface area contributed by atoms with E-state index in [1.807, 2.05) is 53.4 Å². The minimum atomic E-state index is -0.0451. The second-order valence-corrected chi connectivity index (χ2v) is 7.62. The molecule has 4 rings (SSSR count). The molecule has 1 aliphatic heterocycles. The van der Waals surface area contributed by atoms with Crippen molar-refractivity contribution in [1.29, 1.82) is 0 Å². The number of carbonyl (C=O) groups is 2. The van der Waals surface area contributed by atoms with Crippen molar-refractivity contribution >= 4 is 22.7 Å². The lowest BCUT2D eigenvalue weighted by Gasteiger charge is -2.34. The van der Waals surface area contributed by atoms with Crippen molar-refractivity contribution in [3.63, 3.8) is 0 Å². The summed E-state index contributed by atoms with van der Waals surface area (Å²) in [6.45, 7) is 2.14. The molecular formula is C24H27N3O4. The van der Waals surface area contributed by atoms with Crippen molar-refractivity contribution in [3.05, 3.63) is 59.8 Å². The molecule has 0 radical (unpaired) electrons. The number of ether oxygens (including phenoxy) is 2. The molecule has 2 heterocycles. The molecule has 1 aliphatic rings. The number of carbonyl (C=O) groups excluding carboxylic acids is 2. The highest BCUT2D eigenvalue weighted by Gasteiger charge is 2.25. The van der Waals surface area contributed by atoms with Crippen molar-refractivity contribution in [2.75, 3.05) is 40.4 Å². The molecule has 0 atom stereocenters. The largest absolute Gasteiger partial charge is 0.497 e. The van der Waals surface area contributed by atoms with Gasteiger partial charge in [-0.25, -0.2) is 0 Å². The highest BCUT2D eigenvalue weighted by Crippen LogP contribution is 2.23. The van der Waals surface area contributed by atoms with Crippen LogP contribution in [0.3, 0.4) is 0 Å². The van der Waals surface area contributed by atoms with Crippen LogP contribution in [-0.4, -0.2) is 67.0 Å². The van der Waals surface area contributed by atoms with E-state index in [0.717, 1.165) is 28.0 Å². The van der Waals surface area contributed by atoms with Gasteiger partial charge in [-0.05, 0) is 42.3 Å². The number of fused-ring (bicyclic) bond motifs is 1. The molecule has 0 aliphatic carbocycles. The maximum absolute atomic E-state index is 12.9. The van der Waals surface area contributed by atoms with Gasteiger partial charge in [-0.15, -0.1) is 0 Å². The Hall–Kier alpha value is -3.48.